The number of hydrogen-bond acceptors (Lipinski definition) is 6. The van der Waals surface area contributed by atoms with Gasteiger partial charge < -0.3 is 5.73 Å². The summed E-state index contributed by atoms with van der Waals surface area (Å²) in [6, 6.07) is 2.89. The smallest absolute Gasteiger partial charge is 0.300 e. The second-order valence-electron chi connectivity index (χ2n) is 2.67. The number of hydrogen-bond donors (Lipinski definition) is 1. The van der Waals surface area contributed by atoms with Crippen molar-refractivity contribution in [3.8, 4) is 0 Å². The van der Waals surface area contributed by atoms with E-state index in [1.807, 2.05) is 0 Å². The van der Waals surface area contributed by atoms with Gasteiger partial charge in [-0.15, -0.1) is 0 Å². The molecule has 2 N–H and O–H groups in total. The molecule has 0 spiro atoms. The molecular formula is C7H6N4O3. The first-order valence-corrected chi connectivity index (χ1v) is 3.82. The number of nitrogens with two attached hydrogens (primary N) is 1. The van der Waals surface area contributed by atoms with Crippen molar-refractivity contribution in [1.82, 2.24) is 10.3 Å². The van der Waals surface area contributed by atoms with Crippen molar-refractivity contribution < 1.29 is 9.55 Å². The minimum absolute atomic E-state index is 0.126. The standard InChI is InChI=1S/C7H6N4O3/c8-3-4-1-2-5(11(12)13)7-6(4)9-14-10-7/h1-2H,3,8H2. The van der Waals surface area contributed by atoms with Crippen LogP contribution in [0.15, 0.2) is 16.8 Å². The van der Waals surface area contributed by atoms with Crippen LogP contribution in [-0.4, -0.2) is 15.2 Å². The molecule has 2 aromatic rings. The number of nitro groups is 1. The van der Waals surface area contributed by atoms with Gasteiger partial charge in [0.05, 0.1) is 4.92 Å². The van der Waals surface area contributed by atoms with E-state index in [9.17, 15) is 10.1 Å². The zero-order valence-electron chi connectivity index (χ0n) is 7.01. The summed E-state index contributed by atoms with van der Waals surface area (Å²) in [5.41, 5.74) is 6.45. The molecule has 7 nitrogen and oxygen atoms in total. The van der Waals surface area contributed by atoms with E-state index in [4.69, 9.17) is 5.73 Å². The van der Waals surface area contributed by atoms with Gasteiger partial charge in [0.15, 0.2) is 0 Å². The van der Waals surface area contributed by atoms with Gasteiger partial charge in [-0.3, -0.25) is 10.1 Å². The van der Waals surface area contributed by atoms with Crippen LogP contribution in [0.2, 0.25) is 0 Å². The van der Waals surface area contributed by atoms with E-state index in [0.29, 0.717) is 11.1 Å². The van der Waals surface area contributed by atoms with Crippen molar-refractivity contribution in [1.29, 1.82) is 0 Å². The third-order valence-electron chi connectivity index (χ3n) is 1.89. The summed E-state index contributed by atoms with van der Waals surface area (Å²) in [4.78, 5) is 10.0. The predicted octanol–water partition coefficient (Wildman–Crippen LogP) is 0.590. The van der Waals surface area contributed by atoms with Gasteiger partial charge >= 0.3 is 5.69 Å². The van der Waals surface area contributed by atoms with Gasteiger partial charge in [-0.25, -0.2) is 4.63 Å². The Morgan fingerprint density at radius 1 is 1.43 bits per heavy atom. The normalized spacial score (nSPS) is 10.6. The molecule has 0 aliphatic carbocycles. The van der Waals surface area contributed by atoms with Gasteiger partial charge in [0.25, 0.3) is 0 Å². The lowest BCUT2D eigenvalue weighted by molar-refractivity contribution is -0.383. The van der Waals surface area contributed by atoms with Gasteiger partial charge in [0.2, 0.25) is 5.52 Å². The molecule has 0 bridgehead atoms. The van der Waals surface area contributed by atoms with Crippen molar-refractivity contribution in [2.45, 2.75) is 6.54 Å². The fraction of sp³-hybridized carbons (Fsp3) is 0.143. The Hall–Kier alpha value is -2.02. The van der Waals surface area contributed by atoms with E-state index in [1.165, 1.54) is 6.07 Å². The Balaban J connectivity index is 2.78. The zero-order chi connectivity index (χ0) is 10.1. The topological polar surface area (TPSA) is 108 Å². The summed E-state index contributed by atoms with van der Waals surface area (Å²) in [5, 5.41) is 17.6. The second kappa shape index (κ2) is 3.04. The third-order valence-corrected chi connectivity index (χ3v) is 1.89. The number of fused-ring (bicyclic) bond motifs is 1. The predicted molar refractivity (Wildman–Crippen MR) is 46.3 cm³/mol. The molecule has 0 aliphatic heterocycles. The van der Waals surface area contributed by atoms with Crippen molar-refractivity contribution in [2.24, 2.45) is 5.73 Å². The molecule has 0 fully saturated rings. The summed E-state index contributed by atoms with van der Waals surface area (Å²) in [7, 11) is 0. The van der Waals surface area contributed by atoms with Crippen molar-refractivity contribution in [3.63, 3.8) is 0 Å². The monoisotopic (exact) mass is 194 g/mol. The van der Waals surface area contributed by atoms with Crippen LogP contribution < -0.4 is 5.73 Å². The Labute approximate surface area is 77.6 Å². The summed E-state index contributed by atoms with van der Waals surface area (Å²) >= 11 is 0. The van der Waals surface area contributed by atoms with Crippen molar-refractivity contribution in [3.05, 3.63) is 27.8 Å². The average Bonchev–Trinajstić information content (AvgIpc) is 2.64. The molecule has 7 heteroatoms. The highest BCUT2D eigenvalue weighted by molar-refractivity contribution is 5.85. The minimum Gasteiger partial charge on any atom is -0.326 e. The molecule has 0 unspecified atom stereocenters. The highest BCUT2D eigenvalue weighted by atomic mass is 16.6. The SMILES string of the molecule is NCc1ccc([N+](=O)[O-])c2nonc12. The van der Waals surface area contributed by atoms with Crippen LogP contribution in [-0.2, 0) is 6.54 Å². The lowest BCUT2D eigenvalue weighted by Gasteiger charge is -1.95. The van der Waals surface area contributed by atoms with Gasteiger partial charge in [-0.05, 0) is 21.9 Å². The molecule has 0 radical (unpaired) electrons. The Kier molecular flexibility index (Phi) is 1.86. The molecule has 0 saturated carbocycles. The van der Waals surface area contributed by atoms with Crippen LogP contribution in [0.25, 0.3) is 11.0 Å². The van der Waals surface area contributed by atoms with Crippen LogP contribution in [0.3, 0.4) is 0 Å². The number of aromatic nitrogens is 2. The van der Waals surface area contributed by atoms with Gasteiger partial charge in [-0.1, -0.05) is 0 Å². The molecular weight excluding hydrogens is 188 g/mol. The fourth-order valence-corrected chi connectivity index (χ4v) is 1.22. The molecule has 14 heavy (non-hydrogen) atoms. The Morgan fingerprint density at radius 3 is 2.79 bits per heavy atom. The molecule has 0 aliphatic rings. The maximum absolute atomic E-state index is 10.6. The van der Waals surface area contributed by atoms with E-state index in [0.717, 1.165) is 0 Å². The molecule has 1 aromatic carbocycles. The van der Waals surface area contributed by atoms with Crippen LogP contribution in [0.1, 0.15) is 5.56 Å². The van der Waals surface area contributed by atoms with Gasteiger partial charge in [0.1, 0.15) is 5.52 Å². The van der Waals surface area contributed by atoms with Crippen molar-refractivity contribution >= 4 is 16.7 Å². The molecule has 1 heterocycles. The molecule has 2 rings (SSSR count). The van der Waals surface area contributed by atoms with E-state index in [1.54, 1.807) is 6.07 Å². The largest absolute Gasteiger partial charge is 0.326 e. The first-order chi connectivity index (χ1) is 6.74. The first kappa shape index (κ1) is 8.57. The first-order valence-electron chi connectivity index (χ1n) is 3.82. The molecule has 72 valence electrons. The lowest BCUT2D eigenvalue weighted by atomic mass is 10.1. The van der Waals surface area contributed by atoms with Crippen molar-refractivity contribution in [2.75, 3.05) is 0 Å². The van der Waals surface area contributed by atoms with Gasteiger partial charge in [-0.2, -0.15) is 0 Å². The Morgan fingerprint density at radius 2 is 2.14 bits per heavy atom. The van der Waals surface area contributed by atoms with E-state index in [-0.39, 0.29) is 17.7 Å². The number of benzene rings is 1. The maximum atomic E-state index is 10.6. The summed E-state index contributed by atoms with van der Waals surface area (Å²) in [6.07, 6.45) is 0. The molecule has 0 amide bonds. The number of nitrogens with zero attached hydrogens (tertiary/aromatic N) is 3. The lowest BCUT2D eigenvalue weighted by Crippen LogP contribution is -1.98. The third kappa shape index (κ3) is 1.11. The quantitative estimate of drug-likeness (QED) is 0.553. The Bertz CT molecular complexity index is 493. The number of non-ortho nitro benzene ring substituents is 1. The fourth-order valence-electron chi connectivity index (χ4n) is 1.22. The molecule has 1 aromatic heterocycles. The van der Waals surface area contributed by atoms with E-state index >= 15 is 0 Å². The van der Waals surface area contributed by atoms with Crippen LogP contribution >= 0.6 is 0 Å². The minimum atomic E-state index is -0.535. The van der Waals surface area contributed by atoms with Gasteiger partial charge in [0, 0.05) is 12.6 Å². The van der Waals surface area contributed by atoms with E-state index in [2.05, 4.69) is 14.9 Å². The average molecular weight is 194 g/mol. The highest BCUT2D eigenvalue weighted by Crippen LogP contribution is 2.24. The summed E-state index contributed by atoms with van der Waals surface area (Å²) < 4.78 is 4.44. The number of nitro benzene ring substituents is 1. The zero-order valence-corrected chi connectivity index (χ0v) is 7.01. The second-order valence-corrected chi connectivity index (χ2v) is 2.67. The number of rotatable bonds is 2. The highest BCUT2D eigenvalue weighted by Gasteiger charge is 2.18. The van der Waals surface area contributed by atoms with Crippen LogP contribution in [0.5, 0.6) is 0 Å². The molecule has 0 saturated heterocycles. The van der Waals surface area contributed by atoms with Crippen LogP contribution in [0.4, 0.5) is 5.69 Å². The van der Waals surface area contributed by atoms with E-state index < -0.39 is 4.92 Å². The maximum Gasteiger partial charge on any atom is 0.300 e. The summed E-state index contributed by atoms with van der Waals surface area (Å²) in [6.45, 7) is 0.239. The summed E-state index contributed by atoms with van der Waals surface area (Å²) in [5.74, 6) is 0. The van der Waals surface area contributed by atoms with Crippen LogP contribution in [0, 0.1) is 10.1 Å². The molecule has 0 atom stereocenters.